The number of benzene rings is 2. The van der Waals surface area contributed by atoms with Gasteiger partial charge in [-0.25, -0.2) is 0 Å². The molecule has 0 saturated carbocycles. The molecule has 0 radical (unpaired) electrons. The second kappa shape index (κ2) is 4.53. The summed E-state index contributed by atoms with van der Waals surface area (Å²) < 4.78 is 0. The molecule has 0 spiro atoms. The number of amides is 1. The summed E-state index contributed by atoms with van der Waals surface area (Å²) in [6, 6.07) is 17.6. The molecule has 0 bridgehead atoms. The van der Waals surface area contributed by atoms with Gasteiger partial charge in [0.05, 0.1) is 11.4 Å². The van der Waals surface area contributed by atoms with Gasteiger partial charge in [-0.05, 0) is 17.7 Å². The first kappa shape index (κ1) is 10.8. The lowest BCUT2D eigenvalue weighted by molar-refractivity contribution is -0.117. The molecule has 2 N–H and O–H groups in total. The predicted molar refractivity (Wildman–Crippen MR) is 72.6 cm³/mol. The van der Waals surface area contributed by atoms with Crippen molar-refractivity contribution in [3.63, 3.8) is 0 Å². The van der Waals surface area contributed by atoms with Crippen LogP contribution in [0, 0.1) is 0 Å². The van der Waals surface area contributed by atoms with Gasteiger partial charge in [0.25, 0.3) is 0 Å². The van der Waals surface area contributed by atoms with E-state index in [1.165, 1.54) is 0 Å². The molecule has 0 saturated heterocycles. The van der Waals surface area contributed by atoms with Gasteiger partial charge in [0.1, 0.15) is 6.04 Å². The van der Waals surface area contributed by atoms with E-state index in [-0.39, 0.29) is 11.9 Å². The Labute approximate surface area is 106 Å². The van der Waals surface area contributed by atoms with Gasteiger partial charge in [0.15, 0.2) is 0 Å². The van der Waals surface area contributed by atoms with Crippen molar-refractivity contribution in [2.24, 2.45) is 0 Å². The summed E-state index contributed by atoms with van der Waals surface area (Å²) >= 11 is 0. The van der Waals surface area contributed by atoms with Crippen LogP contribution in [-0.4, -0.2) is 11.9 Å². The van der Waals surface area contributed by atoms with Crippen molar-refractivity contribution >= 4 is 17.3 Å². The first-order valence-electron chi connectivity index (χ1n) is 6.03. The highest BCUT2D eigenvalue weighted by Crippen LogP contribution is 2.26. The van der Waals surface area contributed by atoms with E-state index >= 15 is 0 Å². The maximum absolute atomic E-state index is 12.0. The molecule has 3 nitrogen and oxygen atoms in total. The number of rotatable bonds is 2. The van der Waals surface area contributed by atoms with Crippen LogP contribution in [0.25, 0.3) is 0 Å². The van der Waals surface area contributed by atoms with Gasteiger partial charge in [-0.3, -0.25) is 4.79 Å². The van der Waals surface area contributed by atoms with Crippen LogP contribution >= 0.6 is 0 Å². The van der Waals surface area contributed by atoms with Crippen LogP contribution in [0.15, 0.2) is 54.6 Å². The van der Waals surface area contributed by atoms with E-state index in [2.05, 4.69) is 10.6 Å². The molecule has 0 unspecified atom stereocenters. The van der Waals surface area contributed by atoms with E-state index in [1.807, 2.05) is 54.6 Å². The van der Waals surface area contributed by atoms with Crippen molar-refractivity contribution < 1.29 is 4.79 Å². The SMILES string of the molecule is O=C1Nc2ccccc2N[C@H]1Cc1ccccc1. The Morgan fingerprint density at radius 1 is 0.889 bits per heavy atom. The normalized spacial score (nSPS) is 17.6. The highest BCUT2D eigenvalue weighted by molar-refractivity contribution is 6.03. The standard InChI is InChI=1S/C15H14N2O/c18-15-14(10-11-6-2-1-3-7-11)16-12-8-4-5-9-13(12)17-15/h1-9,14,16H,10H2,(H,17,18)/t14-/m0/s1. The maximum Gasteiger partial charge on any atom is 0.247 e. The first-order chi connectivity index (χ1) is 8.83. The number of nitrogens with one attached hydrogen (secondary N) is 2. The number of carbonyl (C=O) groups is 1. The molecule has 0 aromatic heterocycles. The summed E-state index contributed by atoms with van der Waals surface area (Å²) in [5.74, 6) is 0.0255. The lowest BCUT2D eigenvalue weighted by Gasteiger charge is -2.26. The number of carbonyl (C=O) groups excluding carboxylic acids is 1. The van der Waals surface area contributed by atoms with Crippen molar-refractivity contribution in [2.45, 2.75) is 12.5 Å². The second-order valence-corrected chi connectivity index (χ2v) is 4.42. The molecule has 0 aliphatic carbocycles. The fourth-order valence-electron chi connectivity index (χ4n) is 2.18. The Bertz CT molecular complexity index is 566. The van der Waals surface area contributed by atoms with E-state index < -0.39 is 0 Å². The molecule has 1 aliphatic heterocycles. The monoisotopic (exact) mass is 238 g/mol. The van der Waals surface area contributed by atoms with Gasteiger partial charge in [0.2, 0.25) is 5.91 Å². The summed E-state index contributed by atoms with van der Waals surface area (Å²) in [7, 11) is 0. The molecule has 18 heavy (non-hydrogen) atoms. The molecule has 1 aliphatic rings. The molecule has 1 amide bonds. The summed E-state index contributed by atoms with van der Waals surface area (Å²) in [5.41, 5.74) is 2.99. The number of hydrogen-bond donors (Lipinski definition) is 2. The van der Waals surface area contributed by atoms with Crippen LogP contribution in [0.2, 0.25) is 0 Å². The minimum atomic E-state index is -0.206. The fourth-order valence-corrected chi connectivity index (χ4v) is 2.18. The van der Waals surface area contributed by atoms with E-state index in [1.54, 1.807) is 0 Å². The molecule has 2 aromatic rings. The smallest absolute Gasteiger partial charge is 0.247 e. The number of hydrogen-bond acceptors (Lipinski definition) is 2. The minimum absolute atomic E-state index is 0.0255. The molecule has 1 heterocycles. The van der Waals surface area contributed by atoms with Gasteiger partial charge in [0, 0.05) is 6.42 Å². The zero-order valence-electron chi connectivity index (χ0n) is 9.89. The lowest BCUT2D eigenvalue weighted by atomic mass is 10.0. The quantitative estimate of drug-likeness (QED) is 0.844. The molecular weight excluding hydrogens is 224 g/mol. The molecule has 3 heteroatoms. The summed E-state index contributed by atoms with van der Waals surface area (Å²) in [6.07, 6.45) is 0.695. The summed E-state index contributed by atoms with van der Waals surface area (Å²) in [6.45, 7) is 0. The zero-order valence-corrected chi connectivity index (χ0v) is 9.89. The molecule has 90 valence electrons. The third-order valence-corrected chi connectivity index (χ3v) is 3.11. The van der Waals surface area contributed by atoms with Crippen LogP contribution in [0.5, 0.6) is 0 Å². The Balaban J connectivity index is 1.81. The second-order valence-electron chi connectivity index (χ2n) is 4.42. The van der Waals surface area contributed by atoms with E-state index in [9.17, 15) is 4.79 Å². The third-order valence-electron chi connectivity index (χ3n) is 3.11. The van der Waals surface area contributed by atoms with Crippen molar-refractivity contribution in [1.82, 2.24) is 0 Å². The van der Waals surface area contributed by atoms with Crippen molar-refractivity contribution in [2.75, 3.05) is 10.6 Å². The Kier molecular flexibility index (Phi) is 2.73. The van der Waals surface area contributed by atoms with Crippen LogP contribution < -0.4 is 10.6 Å². The minimum Gasteiger partial charge on any atom is -0.372 e. The fraction of sp³-hybridized carbons (Fsp3) is 0.133. The third kappa shape index (κ3) is 2.07. The van der Waals surface area contributed by atoms with Gasteiger partial charge < -0.3 is 10.6 Å². The van der Waals surface area contributed by atoms with Crippen LogP contribution in [-0.2, 0) is 11.2 Å². The predicted octanol–water partition coefficient (Wildman–Crippen LogP) is 2.66. The van der Waals surface area contributed by atoms with Crippen molar-refractivity contribution in [1.29, 1.82) is 0 Å². The molecule has 0 fully saturated rings. The Hall–Kier alpha value is -2.29. The highest BCUT2D eigenvalue weighted by Gasteiger charge is 2.24. The van der Waals surface area contributed by atoms with Crippen LogP contribution in [0.3, 0.4) is 0 Å². The number of para-hydroxylation sites is 2. The van der Waals surface area contributed by atoms with Gasteiger partial charge >= 0.3 is 0 Å². The Morgan fingerprint density at radius 3 is 2.33 bits per heavy atom. The summed E-state index contributed by atoms with van der Waals surface area (Å²) in [5, 5.41) is 6.21. The van der Waals surface area contributed by atoms with Gasteiger partial charge in [-0.15, -0.1) is 0 Å². The molecular formula is C15H14N2O. The van der Waals surface area contributed by atoms with E-state index in [4.69, 9.17) is 0 Å². The van der Waals surface area contributed by atoms with Crippen molar-refractivity contribution in [3.05, 3.63) is 60.2 Å². The number of anilines is 2. The summed E-state index contributed by atoms with van der Waals surface area (Å²) in [4.78, 5) is 12.0. The average molecular weight is 238 g/mol. The Morgan fingerprint density at radius 2 is 1.56 bits per heavy atom. The lowest BCUT2D eigenvalue weighted by Crippen LogP contribution is -2.40. The van der Waals surface area contributed by atoms with E-state index in [0.29, 0.717) is 6.42 Å². The molecule has 1 atom stereocenters. The largest absolute Gasteiger partial charge is 0.372 e. The topological polar surface area (TPSA) is 41.1 Å². The van der Waals surface area contributed by atoms with Gasteiger partial charge in [-0.1, -0.05) is 42.5 Å². The zero-order chi connectivity index (χ0) is 12.4. The molecule has 2 aromatic carbocycles. The highest BCUT2D eigenvalue weighted by atomic mass is 16.2. The average Bonchev–Trinajstić information content (AvgIpc) is 2.41. The maximum atomic E-state index is 12.0. The van der Waals surface area contributed by atoms with Crippen molar-refractivity contribution in [3.8, 4) is 0 Å². The van der Waals surface area contributed by atoms with Crippen LogP contribution in [0.1, 0.15) is 5.56 Å². The van der Waals surface area contributed by atoms with Gasteiger partial charge in [-0.2, -0.15) is 0 Å². The first-order valence-corrected chi connectivity index (χ1v) is 6.03. The molecule has 3 rings (SSSR count). The van der Waals surface area contributed by atoms with E-state index in [0.717, 1.165) is 16.9 Å². The number of fused-ring (bicyclic) bond motifs is 1. The van der Waals surface area contributed by atoms with Crippen LogP contribution in [0.4, 0.5) is 11.4 Å².